The number of hydrogen-bond donors (Lipinski definition) is 1. The van der Waals surface area contributed by atoms with Crippen molar-refractivity contribution in [2.75, 3.05) is 18.0 Å². The van der Waals surface area contributed by atoms with Gasteiger partial charge in [-0.05, 0) is 68.9 Å². The van der Waals surface area contributed by atoms with Crippen molar-refractivity contribution in [1.29, 1.82) is 0 Å². The maximum Gasteiger partial charge on any atom is 0.408 e. The Balaban J connectivity index is 1.21. The Morgan fingerprint density at radius 1 is 1.18 bits per heavy atom. The number of alkyl halides is 3. The van der Waals surface area contributed by atoms with Crippen molar-refractivity contribution in [3.05, 3.63) is 52.6 Å². The molecule has 2 aliphatic heterocycles. The van der Waals surface area contributed by atoms with Crippen molar-refractivity contribution < 1.29 is 27.5 Å². The molecular formula is C27H26BrF3N4O3. The molecule has 200 valence electrons. The Morgan fingerprint density at radius 3 is 2.74 bits per heavy atom. The number of carbonyl (C=O) groups excluding carboxylic acids is 2. The second-order valence-electron chi connectivity index (χ2n) is 10.3. The highest BCUT2D eigenvalue weighted by Crippen LogP contribution is 2.53. The lowest BCUT2D eigenvalue weighted by Gasteiger charge is -2.37. The maximum atomic E-state index is 14.0. The number of anilines is 1. The number of likely N-dealkylation sites (tertiary alicyclic amines) is 1. The van der Waals surface area contributed by atoms with E-state index in [0.29, 0.717) is 37.8 Å². The molecule has 1 N–H and O–H groups in total. The average Bonchev–Trinajstić information content (AvgIpc) is 3.61. The van der Waals surface area contributed by atoms with Crippen molar-refractivity contribution >= 4 is 44.3 Å². The second-order valence-corrected chi connectivity index (χ2v) is 11.2. The third kappa shape index (κ3) is 4.15. The average molecular weight is 591 g/mol. The van der Waals surface area contributed by atoms with E-state index in [1.165, 1.54) is 4.90 Å². The van der Waals surface area contributed by atoms with E-state index in [4.69, 9.17) is 4.74 Å². The monoisotopic (exact) mass is 590 g/mol. The summed E-state index contributed by atoms with van der Waals surface area (Å²) in [7, 11) is 0. The van der Waals surface area contributed by atoms with E-state index in [9.17, 15) is 22.8 Å². The highest BCUT2D eigenvalue weighted by Gasteiger charge is 2.55. The van der Waals surface area contributed by atoms with Gasteiger partial charge in [0.2, 0.25) is 11.8 Å². The van der Waals surface area contributed by atoms with Gasteiger partial charge in [0.25, 0.3) is 0 Å². The molecule has 0 unspecified atom stereocenters. The number of benzene rings is 2. The molecule has 1 saturated heterocycles. The van der Waals surface area contributed by atoms with Crippen molar-refractivity contribution in [3.63, 3.8) is 0 Å². The van der Waals surface area contributed by atoms with Crippen molar-refractivity contribution in [1.82, 2.24) is 15.1 Å². The number of H-pyrrole nitrogens is 1. The molecule has 38 heavy (non-hydrogen) atoms. The Bertz CT molecular complexity index is 1400. The summed E-state index contributed by atoms with van der Waals surface area (Å²) in [6, 6.07) is 9.34. The molecule has 0 radical (unpaired) electrons. The highest BCUT2D eigenvalue weighted by atomic mass is 79.9. The van der Waals surface area contributed by atoms with Gasteiger partial charge in [-0.1, -0.05) is 22.0 Å². The normalized spacial score (nSPS) is 25.4. The lowest BCUT2D eigenvalue weighted by Crippen LogP contribution is -2.51. The summed E-state index contributed by atoms with van der Waals surface area (Å²) in [4.78, 5) is 29.3. The molecule has 1 spiro atoms. The standard InChI is InChI=1S/C27H26BrF3N4O3/c28-19-3-1-4-21-24(19)26(25(37)35(21)15-23(36)34-12-2-5-22(34)27(29,30)31)10-8-17(9-11-26)38-18-6-7-20-16(13-18)14-32-33-20/h1,3-4,6-7,13-14,17,22H,2,5,8-12,15H2,(H,32,33)/t17?,22-,26?/m0/s1. The molecule has 1 aliphatic carbocycles. The van der Waals surface area contributed by atoms with Gasteiger partial charge >= 0.3 is 6.18 Å². The van der Waals surface area contributed by atoms with E-state index in [0.717, 1.165) is 31.6 Å². The Labute approximate surface area is 225 Å². The highest BCUT2D eigenvalue weighted by molar-refractivity contribution is 9.10. The van der Waals surface area contributed by atoms with Crippen LogP contribution in [-0.4, -0.2) is 58.3 Å². The summed E-state index contributed by atoms with van der Waals surface area (Å²) < 4.78 is 47.5. The molecule has 2 amide bonds. The molecule has 2 fully saturated rings. The summed E-state index contributed by atoms with van der Waals surface area (Å²) in [5.74, 6) is -0.169. The predicted octanol–water partition coefficient (Wildman–Crippen LogP) is 5.48. The van der Waals surface area contributed by atoms with E-state index in [-0.39, 0.29) is 25.0 Å². The summed E-state index contributed by atoms with van der Waals surface area (Å²) >= 11 is 3.61. The van der Waals surface area contributed by atoms with Crippen molar-refractivity contribution in [2.24, 2.45) is 0 Å². The van der Waals surface area contributed by atoms with Crippen molar-refractivity contribution in [2.45, 2.75) is 62.3 Å². The number of nitrogens with one attached hydrogen (secondary N) is 1. The van der Waals surface area contributed by atoms with Gasteiger partial charge in [-0.25, -0.2) is 0 Å². The van der Waals surface area contributed by atoms with Crippen molar-refractivity contribution in [3.8, 4) is 5.75 Å². The number of nitrogens with zero attached hydrogens (tertiary/aromatic N) is 3. The van der Waals surface area contributed by atoms with Gasteiger partial charge in [0.1, 0.15) is 18.3 Å². The van der Waals surface area contributed by atoms with Gasteiger partial charge in [-0.2, -0.15) is 18.3 Å². The number of fused-ring (bicyclic) bond motifs is 3. The molecule has 0 bridgehead atoms. The number of ether oxygens (including phenoxy) is 1. The molecule has 2 aromatic carbocycles. The topological polar surface area (TPSA) is 78.5 Å². The molecule has 3 aliphatic rings. The molecule has 1 saturated carbocycles. The third-order valence-corrected chi connectivity index (χ3v) is 8.82. The van der Waals surface area contributed by atoms with E-state index in [2.05, 4.69) is 26.1 Å². The first-order valence-electron chi connectivity index (χ1n) is 12.7. The number of amides is 2. The Hall–Kier alpha value is -3.08. The second kappa shape index (κ2) is 9.29. The molecule has 7 nitrogen and oxygen atoms in total. The van der Waals surface area contributed by atoms with Crippen LogP contribution in [0.15, 0.2) is 47.1 Å². The molecular weight excluding hydrogens is 565 g/mol. The van der Waals surface area contributed by atoms with Crippen LogP contribution in [0.1, 0.15) is 44.1 Å². The maximum absolute atomic E-state index is 14.0. The molecule has 11 heteroatoms. The van der Waals surface area contributed by atoms with Crippen LogP contribution < -0.4 is 9.64 Å². The Kier molecular flexibility index (Phi) is 6.16. The molecule has 3 heterocycles. The SMILES string of the molecule is O=C(CN1C(=O)C2(CCC(Oc3ccc4[nH]ncc4c3)CC2)c2c(Br)cccc21)N1CCC[C@H]1C(F)(F)F. The third-order valence-electron chi connectivity index (χ3n) is 8.16. The van der Waals surface area contributed by atoms with Crippen LogP contribution in [0.2, 0.25) is 0 Å². The summed E-state index contributed by atoms with van der Waals surface area (Å²) in [5, 5.41) is 7.90. The van der Waals surface area contributed by atoms with Gasteiger partial charge in [-0.15, -0.1) is 0 Å². The van der Waals surface area contributed by atoms with Crippen LogP contribution in [0.25, 0.3) is 10.9 Å². The lowest BCUT2D eigenvalue weighted by molar-refractivity contribution is -0.182. The van der Waals surface area contributed by atoms with Crippen LogP contribution in [-0.2, 0) is 15.0 Å². The number of aromatic nitrogens is 2. The minimum atomic E-state index is -4.48. The zero-order valence-electron chi connectivity index (χ0n) is 20.4. The van der Waals surface area contributed by atoms with Crippen LogP contribution in [0.5, 0.6) is 5.75 Å². The summed E-state index contributed by atoms with van der Waals surface area (Å²) in [5.41, 5.74) is 1.47. The lowest BCUT2D eigenvalue weighted by atomic mass is 9.69. The van der Waals surface area contributed by atoms with Crippen LogP contribution in [0, 0.1) is 0 Å². The first-order chi connectivity index (χ1) is 18.2. The quantitative estimate of drug-likeness (QED) is 0.436. The van der Waals surface area contributed by atoms with E-state index >= 15 is 0 Å². The fraction of sp³-hybridized carbons (Fsp3) is 0.444. The van der Waals surface area contributed by atoms with Gasteiger partial charge in [0.05, 0.1) is 23.2 Å². The summed E-state index contributed by atoms with van der Waals surface area (Å²) in [6.07, 6.45) is -0.367. The smallest absolute Gasteiger partial charge is 0.408 e. The number of halogens is 4. The van der Waals surface area contributed by atoms with Crippen LogP contribution >= 0.6 is 15.9 Å². The minimum Gasteiger partial charge on any atom is -0.490 e. The molecule has 6 rings (SSSR count). The van der Waals surface area contributed by atoms with E-state index in [1.54, 1.807) is 18.3 Å². The molecule has 1 aromatic heterocycles. The number of aromatic amines is 1. The zero-order chi connectivity index (χ0) is 26.7. The fourth-order valence-electron chi connectivity index (χ4n) is 6.33. The van der Waals surface area contributed by atoms with Gasteiger partial charge in [0, 0.05) is 27.7 Å². The largest absolute Gasteiger partial charge is 0.490 e. The van der Waals surface area contributed by atoms with E-state index < -0.39 is 30.1 Å². The van der Waals surface area contributed by atoms with Crippen LogP contribution in [0.3, 0.4) is 0 Å². The first kappa shape index (κ1) is 25.2. The van der Waals surface area contributed by atoms with Crippen LogP contribution in [0.4, 0.5) is 18.9 Å². The number of carbonyl (C=O) groups is 2. The van der Waals surface area contributed by atoms with E-state index in [1.807, 2.05) is 24.3 Å². The Morgan fingerprint density at radius 2 is 1.97 bits per heavy atom. The first-order valence-corrected chi connectivity index (χ1v) is 13.5. The van der Waals surface area contributed by atoms with Gasteiger partial charge in [0.15, 0.2) is 0 Å². The molecule has 3 aromatic rings. The zero-order valence-corrected chi connectivity index (χ0v) is 22.0. The minimum absolute atomic E-state index is 0.0468. The van der Waals surface area contributed by atoms with Gasteiger partial charge < -0.3 is 14.5 Å². The van der Waals surface area contributed by atoms with Gasteiger partial charge in [-0.3, -0.25) is 14.7 Å². The number of hydrogen-bond acceptors (Lipinski definition) is 4. The summed E-state index contributed by atoms with van der Waals surface area (Å²) in [6.45, 7) is -0.355. The fourth-order valence-corrected chi connectivity index (χ4v) is 7.06. The predicted molar refractivity (Wildman–Crippen MR) is 138 cm³/mol. The number of rotatable bonds is 4. The molecule has 1 atom stereocenters.